The van der Waals surface area contributed by atoms with E-state index in [0.717, 1.165) is 5.57 Å². The smallest absolute Gasteiger partial charge is 0.244 e. The first-order valence-electron chi connectivity index (χ1n) is 11.6. The van der Waals surface area contributed by atoms with E-state index in [1.54, 1.807) is 49.5 Å². The number of carbonyl (C=O) groups excluding carboxylic acids is 1. The lowest BCUT2D eigenvalue weighted by molar-refractivity contribution is -0.117. The van der Waals surface area contributed by atoms with Gasteiger partial charge in [-0.1, -0.05) is 97.6 Å². The number of allylic oxidation sites excluding steroid dienone is 12. The minimum Gasteiger partial charge on any atom is -0.390 e. The van der Waals surface area contributed by atoms with Crippen molar-refractivity contribution in [2.45, 2.75) is 64.1 Å². The number of rotatable bonds is 0. The third-order valence-electron chi connectivity index (χ3n) is 5.16. The SMILES string of the molecule is CC1=C/C=C\C=C/C[C@H](C)NC(=O)\C=C/C=C\C=C/[C@H](C)[C@H](O)[C@@H](O)[C@@H](O)C[C@H](O)/C=C/C=C\1. The Morgan fingerprint density at radius 3 is 2.21 bits per heavy atom. The molecule has 0 unspecified atom stereocenters. The Balaban J connectivity index is 2.94. The molecule has 0 aromatic rings. The molecule has 34 heavy (non-hydrogen) atoms. The second-order valence-electron chi connectivity index (χ2n) is 8.45. The van der Waals surface area contributed by atoms with E-state index in [4.69, 9.17) is 0 Å². The zero-order chi connectivity index (χ0) is 25.3. The van der Waals surface area contributed by atoms with Crippen molar-refractivity contribution in [1.82, 2.24) is 5.32 Å². The Morgan fingerprint density at radius 1 is 0.794 bits per heavy atom. The van der Waals surface area contributed by atoms with Gasteiger partial charge in [-0.15, -0.1) is 0 Å². The minimum absolute atomic E-state index is 0.00398. The Morgan fingerprint density at radius 2 is 1.44 bits per heavy atom. The maximum Gasteiger partial charge on any atom is 0.244 e. The van der Waals surface area contributed by atoms with E-state index >= 15 is 0 Å². The Labute approximate surface area is 203 Å². The summed E-state index contributed by atoms with van der Waals surface area (Å²) in [5, 5.41) is 43.8. The predicted octanol–water partition coefficient (Wildman–Crippen LogP) is 3.20. The van der Waals surface area contributed by atoms with Gasteiger partial charge in [0.2, 0.25) is 5.91 Å². The summed E-state index contributed by atoms with van der Waals surface area (Å²) in [5.41, 5.74) is 1.01. The summed E-state index contributed by atoms with van der Waals surface area (Å²) in [7, 11) is 0. The molecule has 186 valence electrons. The van der Waals surface area contributed by atoms with Gasteiger partial charge in [0.15, 0.2) is 0 Å². The topological polar surface area (TPSA) is 110 Å². The van der Waals surface area contributed by atoms with Crippen LogP contribution in [-0.2, 0) is 4.79 Å². The summed E-state index contributed by atoms with van der Waals surface area (Å²) < 4.78 is 0. The average Bonchev–Trinajstić information content (AvgIpc) is 2.79. The van der Waals surface area contributed by atoms with Gasteiger partial charge >= 0.3 is 0 Å². The van der Waals surface area contributed by atoms with Gasteiger partial charge in [-0.3, -0.25) is 4.79 Å². The fraction of sp³-hybridized carbons (Fsp3) is 0.393. The molecule has 6 heteroatoms. The second-order valence-corrected chi connectivity index (χ2v) is 8.45. The summed E-state index contributed by atoms with van der Waals surface area (Å²) in [6, 6.07) is -0.00398. The van der Waals surface area contributed by atoms with E-state index in [2.05, 4.69) is 5.32 Å². The number of aliphatic hydroxyl groups is 4. The van der Waals surface area contributed by atoms with E-state index in [1.807, 2.05) is 50.3 Å². The number of carbonyl (C=O) groups is 1. The van der Waals surface area contributed by atoms with E-state index in [9.17, 15) is 25.2 Å². The normalized spacial score (nSPS) is 38.9. The summed E-state index contributed by atoms with van der Waals surface area (Å²) in [5.74, 6) is -0.623. The lowest BCUT2D eigenvalue weighted by atomic mass is 9.93. The van der Waals surface area contributed by atoms with Gasteiger partial charge in [0.05, 0.1) is 18.3 Å². The maximum absolute atomic E-state index is 12.0. The molecule has 1 rings (SSSR count). The highest BCUT2D eigenvalue weighted by Gasteiger charge is 2.28. The summed E-state index contributed by atoms with van der Waals surface area (Å²) in [6.07, 6.45) is 22.1. The average molecular weight is 470 g/mol. The van der Waals surface area contributed by atoms with Crippen molar-refractivity contribution in [3.63, 3.8) is 0 Å². The molecule has 0 fully saturated rings. The number of hydrogen-bond donors (Lipinski definition) is 5. The maximum atomic E-state index is 12.0. The molecule has 1 heterocycles. The van der Waals surface area contributed by atoms with Crippen LogP contribution in [0.25, 0.3) is 0 Å². The van der Waals surface area contributed by atoms with E-state index < -0.39 is 30.3 Å². The van der Waals surface area contributed by atoms with Crippen molar-refractivity contribution in [1.29, 1.82) is 0 Å². The number of hydrogen-bond acceptors (Lipinski definition) is 5. The van der Waals surface area contributed by atoms with E-state index in [-0.39, 0.29) is 18.4 Å². The molecule has 0 aromatic heterocycles. The number of amides is 1. The van der Waals surface area contributed by atoms with Crippen LogP contribution in [0.1, 0.15) is 33.6 Å². The van der Waals surface area contributed by atoms with Crippen molar-refractivity contribution in [3.8, 4) is 0 Å². The molecule has 6 nitrogen and oxygen atoms in total. The highest BCUT2D eigenvalue weighted by Crippen LogP contribution is 2.15. The largest absolute Gasteiger partial charge is 0.390 e. The first-order valence-corrected chi connectivity index (χ1v) is 11.6. The van der Waals surface area contributed by atoms with Crippen molar-refractivity contribution in [2.24, 2.45) is 5.92 Å². The van der Waals surface area contributed by atoms with Crippen LogP contribution >= 0.6 is 0 Å². The molecule has 0 radical (unpaired) electrons. The quantitative estimate of drug-likeness (QED) is 0.374. The molecule has 0 aliphatic carbocycles. The molecular formula is C28H39NO5. The molecule has 5 N–H and O–H groups in total. The second kappa shape index (κ2) is 16.8. The first kappa shape index (κ1) is 29.3. The van der Waals surface area contributed by atoms with Gasteiger partial charge in [-0.2, -0.15) is 0 Å². The van der Waals surface area contributed by atoms with E-state index in [1.165, 1.54) is 12.2 Å². The standard InChI is InChI=1S/C28H39NO5/c1-21-14-8-4-6-10-17-23(3)29-26(32)19-11-7-5-9-16-22(2)27(33)28(34)25(31)20-24(30)18-13-12-15-21/h4-16,18-19,22-25,27-28,30-31,33-34H,17,20H2,1-3H3,(H,29,32)/b7-5-,8-4-,10-6-,15-12-,16-9-,18-13+,19-11-,21-14-/t22-,23-,24+,25-,27-,28-/m0/s1. The minimum atomic E-state index is -1.41. The predicted molar refractivity (Wildman–Crippen MR) is 138 cm³/mol. The number of nitrogens with one attached hydrogen (secondary N) is 1. The highest BCUT2D eigenvalue weighted by atomic mass is 16.4. The van der Waals surface area contributed by atoms with Gasteiger partial charge < -0.3 is 25.7 Å². The molecule has 0 saturated carbocycles. The molecule has 1 aliphatic rings. The van der Waals surface area contributed by atoms with Crippen LogP contribution < -0.4 is 5.32 Å². The zero-order valence-corrected chi connectivity index (χ0v) is 20.2. The Hall–Kier alpha value is -2.77. The Bertz CT molecular complexity index is 847. The van der Waals surface area contributed by atoms with Crippen molar-refractivity contribution >= 4 is 5.91 Å². The summed E-state index contributed by atoms with van der Waals surface area (Å²) in [6.45, 7) is 5.59. The van der Waals surface area contributed by atoms with Crippen molar-refractivity contribution in [3.05, 3.63) is 96.7 Å². The molecular weight excluding hydrogens is 430 g/mol. The molecule has 1 aliphatic heterocycles. The molecule has 0 saturated heterocycles. The Kier molecular flexibility index (Phi) is 14.4. The zero-order valence-electron chi connectivity index (χ0n) is 20.2. The van der Waals surface area contributed by atoms with Crippen LogP contribution in [0.3, 0.4) is 0 Å². The van der Waals surface area contributed by atoms with Gasteiger partial charge in [0.1, 0.15) is 6.10 Å². The fourth-order valence-electron chi connectivity index (χ4n) is 3.07. The van der Waals surface area contributed by atoms with Crippen LogP contribution in [0, 0.1) is 5.92 Å². The summed E-state index contributed by atoms with van der Waals surface area (Å²) in [4.78, 5) is 12.0. The van der Waals surface area contributed by atoms with Crippen LogP contribution in [0.15, 0.2) is 96.7 Å². The lowest BCUT2D eigenvalue weighted by Gasteiger charge is -2.26. The summed E-state index contributed by atoms with van der Waals surface area (Å²) >= 11 is 0. The highest BCUT2D eigenvalue weighted by molar-refractivity contribution is 5.87. The third kappa shape index (κ3) is 13.1. The molecule has 0 spiro atoms. The van der Waals surface area contributed by atoms with Crippen LogP contribution in [0.5, 0.6) is 0 Å². The third-order valence-corrected chi connectivity index (χ3v) is 5.16. The van der Waals surface area contributed by atoms with Crippen LogP contribution in [0.2, 0.25) is 0 Å². The lowest BCUT2D eigenvalue weighted by Crippen LogP contribution is -2.41. The van der Waals surface area contributed by atoms with Crippen LogP contribution in [-0.4, -0.2) is 56.8 Å². The van der Waals surface area contributed by atoms with Gasteiger partial charge in [0.25, 0.3) is 0 Å². The number of aliphatic hydroxyl groups excluding tert-OH is 4. The van der Waals surface area contributed by atoms with Gasteiger partial charge in [-0.25, -0.2) is 0 Å². The molecule has 0 aromatic carbocycles. The van der Waals surface area contributed by atoms with E-state index in [0.29, 0.717) is 6.42 Å². The van der Waals surface area contributed by atoms with Crippen molar-refractivity contribution < 1.29 is 25.2 Å². The fourth-order valence-corrected chi connectivity index (χ4v) is 3.07. The monoisotopic (exact) mass is 469 g/mol. The molecule has 0 bridgehead atoms. The molecule has 6 atom stereocenters. The molecule has 1 amide bonds. The van der Waals surface area contributed by atoms with Crippen LogP contribution in [0.4, 0.5) is 0 Å². The van der Waals surface area contributed by atoms with Gasteiger partial charge in [0, 0.05) is 24.5 Å². The van der Waals surface area contributed by atoms with Crippen molar-refractivity contribution in [2.75, 3.05) is 0 Å². The first-order chi connectivity index (χ1) is 16.2. The van der Waals surface area contributed by atoms with Gasteiger partial charge in [-0.05, 0) is 20.3 Å².